The molecule has 1 unspecified atom stereocenters. The summed E-state index contributed by atoms with van der Waals surface area (Å²) >= 11 is 0. The Morgan fingerprint density at radius 1 is 0.912 bits per heavy atom. The minimum Gasteiger partial charge on any atom is -0.477 e. The maximum absolute atomic E-state index is 6.14. The molecule has 0 amide bonds. The molecule has 34 heavy (non-hydrogen) atoms. The molecule has 0 radical (unpaired) electrons. The molecule has 1 atom stereocenters. The molecule has 0 N–H and O–H groups in total. The average molecular weight is 473 g/mol. The van der Waals surface area contributed by atoms with Crippen LogP contribution in [-0.4, -0.2) is 31.5 Å². The zero-order valence-electron chi connectivity index (χ0n) is 19.9. The highest BCUT2D eigenvalue weighted by molar-refractivity contribution is 7.47. The molecule has 1 aromatic rings. The van der Waals surface area contributed by atoms with Crippen molar-refractivity contribution < 1.29 is 9.47 Å². The standard InChI is InChI=1S/C29H33N2O2P/c1-3-8-24(9-4-2)30-18-22-16-26(12-14-28(22)32-20-30)34-27-13-15-29-23(17-27)19-31(21-33-29)25-10-6-5-7-11-25/h3-11,16-17,34H,1,12-15,18-21H2,2H3/b9-4-,24-8+. The number of hydrogen-bond acceptors (Lipinski definition) is 4. The smallest absolute Gasteiger partial charge is 0.161 e. The highest BCUT2D eigenvalue weighted by Gasteiger charge is 2.26. The van der Waals surface area contributed by atoms with Gasteiger partial charge in [0, 0.05) is 48.5 Å². The van der Waals surface area contributed by atoms with Crippen LogP contribution in [0.4, 0.5) is 5.69 Å². The number of nitrogens with zero attached hydrogens (tertiary/aromatic N) is 2. The molecular weight excluding hydrogens is 439 g/mol. The SMILES string of the molecule is C=C/C=C(\C=C/C)N1COC2=C(C=C(PC3=CC4=C(CC3)OCN(c3ccccc3)C4)CC2)C1. The molecule has 0 aromatic heterocycles. The van der Waals surface area contributed by atoms with Crippen LogP contribution in [0, 0.1) is 0 Å². The van der Waals surface area contributed by atoms with Crippen molar-refractivity contribution in [1.29, 1.82) is 0 Å². The maximum atomic E-state index is 6.14. The molecular formula is C29H33N2O2P. The first kappa shape index (κ1) is 22.8. The minimum atomic E-state index is 0.605. The minimum absolute atomic E-state index is 0.605. The Morgan fingerprint density at radius 2 is 1.59 bits per heavy atom. The van der Waals surface area contributed by atoms with Gasteiger partial charge in [0.05, 0.1) is 0 Å². The number of benzene rings is 1. The lowest BCUT2D eigenvalue weighted by Gasteiger charge is -2.35. The van der Waals surface area contributed by atoms with Gasteiger partial charge in [-0.1, -0.05) is 57.7 Å². The van der Waals surface area contributed by atoms with Crippen molar-refractivity contribution in [1.82, 2.24) is 4.90 Å². The predicted molar refractivity (Wildman–Crippen MR) is 142 cm³/mol. The van der Waals surface area contributed by atoms with E-state index in [1.54, 1.807) is 5.31 Å². The van der Waals surface area contributed by atoms with E-state index >= 15 is 0 Å². The van der Waals surface area contributed by atoms with E-state index in [9.17, 15) is 0 Å². The third-order valence-electron chi connectivity index (χ3n) is 6.60. The lowest BCUT2D eigenvalue weighted by atomic mass is 10.0. The van der Waals surface area contributed by atoms with Gasteiger partial charge in [-0.2, -0.15) is 0 Å². The molecule has 1 aromatic carbocycles. The molecule has 0 bridgehead atoms. The molecule has 5 rings (SSSR count). The molecule has 5 heteroatoms. The van der Waals surface area contributed by atoms with Crippen molar-refractivity contribution in [2.45, 2.75) is 32.6 Å². The first-order valence-corrected chi connectivity index (χ1v) is 13.1. The van der Waals surface area contributed by atoms with Crippen LogP contribution in [0.5, 0.6) is 0 Å². The van der Waals surface area contributed by atoms with Crippen molar-refractivity contribution in [3.8, 4) is 0 Å². The Bertz CT molecular complexity index is 1120. The normalized spacial score (nSPS) is 21.3. The van der Waals surface area contributed by atoms with E-state index in [4.69, 9.17) is 9.47 Å². The Morgan fingerprint density at radius 3 is 2.26 bits per heavy atom. The predicted octanol–water partition coefficient (Wildman–Crippen LogP) is 6.96. The summed E-state index contributed by atoms with van der Waals surface area (Å²) < 4.78 is 12.3. The number of allylic oxidation sites excluding steroid dienone is 8. The summed E-state index contributed by atoms with van der Waals surface area (Å²) in [5.41, 5.74) is 5.03. The Kier molecular flexibility index (Phi) is 7.06. The van der Waals surface area contributed by atoms with E-state index in [1.807, 2.05) is 19.1 Å². The van der Waals surface area contributed by atoms with Gasteiger partial charge >= 0.3 is 0 Å². The second kappa shape index (κ2) is 10.5. The molecule has 2 aliphatic heterocycles. The fourth-order valence-electron chi connectivity index (χ4n) is 4.89. The summed E-state index contributed by atoms with van der Waals surface area (Å²) in [5, 5.41) is 3.08. The van der Waals surface area contributed by atoms with Crippen LogP contribution in [0.1, 0.15) is 32.6 Å². The molecule has 2 aliphatic carbocycles. The quantitative estimate of drug-likeness (QED) is 0.330. The molecule has 0 fully saturated rings. The second-order valence-electron chi connectivity index (χ2n) is 8.97. The van der Waals surface area contributed by atoms with Gasteiger partial charge < -0.3 is 19.3 Å². The first-order valence-electron chi connectivity index (χ1n) is 12.1. The largest absolute Gasteiger partial charge is 0.477 e. The molecule has 2 heterocycles. The summed E-state index contributed by atoms with van der Waals surface area (Å²) in [6.45, 7) is 8.97. The molecule has 0 spiro atoms. The highest BCUT2D eigenvalue weighted by atomic mass is 31.1. The Hall–Kier alpha value is -2.97. The fourth-order valence-corrected chi connectivity index (χ4v) is 6.29. The summed E-state index contributed by atoms with van der Waals surface area (Å²) in [7, 11) is 0.746. The number of ether oxygens (including phenoxy) is 2. The van der Waals surface area contributed by atoms with Gasteiger partial charge in [0.15, 0.2) is 13.5 Å². The topological polar surface area (TPSA) is 24.9 Å². The zero-order valence-corrected chi connectivity index (χ0v) is 20.9. The van der Waals surface area contributed by atoms with Crippen molar-refractivity contribution in [3.63, 3.8) is 0 Å². The van der Waals surface area contributed by atoms with Crippen LogP contribution in [0.2, 0.25) is 0 Å². The summed E-state index contributed by atoms with van der Waals surface area (Å²) in [6.07, 6.45) is 17.1. The van der Waals surface area contributed by atoms with E-state index in [-0.39, 0.29) is 0 Å². The van der Waals surface area contributed by atoms with Gasteiger partial charge in [-0.15, -0.1) is 0 Å². The van der Waals surface area contributed by atoms with E-state index in [1.165, 1.54) is 33.7 Å². The van der Waals surface area contributed by atoms with Crippen LogP contribution in [0.25, 0.3) is 0 Å². The Labute approximate surface area is 205 Å². The van der Waals surface area contributed by atoms with E-state index in [0.717, 1.165) is 53.1 Å². The van der Waals surface area contributed by atoms with Gasteiger partial charge in [-0.25, -0.2) is 0 Å². The van der Waals surface area contributed by atoms with Gasteiger partial charge in [0.2, 0.25) is 0 Å². The molecule has 0 saturated heterocycles. The summed E-state index contributed by atoms with van der Waals surface area (Å²) in [5.74, 6) is 2.36. The van der Waals surface area contributed by atoms with Gasteiger partial charge in [-0.3, -0.25) is 0 Å². The Balaban J connectivity index is 1.28. The van der Waals surface area contributed by atoms with Crippen LogP contribution in [0.15, 0.2) is 112 Å². The van der Waals surface area contributed by atoms with Gasteiger partial charge in [-0.05, 0) is 54.7 Å². The number of anilines is 1. The third-order valence-corrected chi connectivity index (χ3v) is 8.03. The highest BCUT2D eigenvalue weighted by Crippen LogP contribution is 2.46. The number of rotatable bonds is 6. The molecule has 0 saturated carbocycles. The van der Waals surface area contributed by atoms with Gasteiger partial charge in [0.25, 0.3) is 0 Å². The van der Waals surface area contributed by atoms with Crippen molar-refractivity contribution >= 4 is 14.3 Å². The van der Waals surface area contributed by atoms with Crippen LogP contribution in [0.3, 0.4) is 0 Å². The van der Waals surface area contributed by atoms with E-state index in [0.29, 0.717) is 13.5 Å². The van der Waals surface area contributed by atoms with Crippen LogP contribution in [-0.2, 0) is 9.47 Å². The maximum Gasteiger partial charge on any atom is 0.161 e. The number of para-hydroxylation sites is 1. The fraction of sp³-hybridized carbons (Fsp3) is 0.310. The monoisotopic (exact) mass is 472 g/mol. The summed E-state index contributed by atoms with van der Waals surface area (Å²) in [4.78, 5) is 4.59. The van der Waals surface area contributed by atoms with Crippen LogP contribution < -0.4 is 4.90 Å². The zero-order chi connectivity index (χ0) is 23.3. The second-order valence-corrected chi connectivity index (χ2v) is 10.5. The van der Waals surface area contributed by atoms with Crippen molar-refractivity contribution in [2.24, 2.45) is 0 Å². The first-order chi connectivity index (χ1) is 16.7. The molecule has 4 nitrogen and oxygen atoms in total. The third kappa shape index (κ3) is 5.08. The molecule has 4 aliphatic rings. The van der Waals surface area contributed by atoms with E-state index < -0.39 is 0 Å². The van der Waals surface area contributed by atoms with Crippen LogP contribution >= 0.6 is 8.58 Å². The average Bonchev–Trinajstić information content (AvgIpc) is 2.88. The lowest BCUT2D eigenvalue weighted by Crippen LogP contribution is -2.33. The van der Waals surface area contributed by atoms with Crippen molar-refractivity contribution in [3.05, 3.63) is 112 Å². The number of hydrogen-bond donors (Lipinski definition) is 0. The van der Waals surface area contributed by atoms with Crippen molar-refractivity contribution in [2.75, 3.05) is 31.5 Å². The van der Waals surface area contributed by atoms with E-state index in [2.05, 4.69) is 71.0 Å². The molecule has 176 valence electrons. The van der Waals surface area contributed by atoms with Gasteiger partial charge in [0.1, 0.15) is 11.5 Å². The summed E-state index contributed by atoms with van der Waals surface area (Å²) in [6, 6.07) is 10.6. The lowest BCUT2D eigenvalue weighted by molar-refractivity contribution is 0.0778.